The van der Waals surface area contributed by atoms with Crippen LogP contribution in [-0.4, -0.2) is 14.3 Å². The van der Waals surface area contributed by atoms with Gasteiger partial charge >= 0.3 is 0 Å². The molecule has 0 fully saturated rings. The van der Waals surface area contributed by atoms with Crippen molar-refractivity contribution in [3.63, 3.8) is 0 Å². The predicted octanol–water partition coefficient (Wildman–Crippen LogP) is 2.25. The zero-order valence-corrected chi connectivity index (χ0v) is 9.19. The number of para-hydroxylation sites is 1. The molecule has 3 aromatic rings. The average Bonchev–Trinajstić information content (AvgIpc) is 2.99. The number of anilines is 1. The molecule has 2 aromatic heterocycles. The first-order valence-electron chi connectivity index (χ1n) is 5.38. The molecule has 0 atom stereocenters. The van der Waals surface area contributed by atoms with Crippen molar-refractivity contribution in [2.75, 3.05) is 5.73 Å². The largest absolute Gasteiger partial charge is 0.394 e. The van der Waals surface area contributed by atoms with Crippen molar-refractivity contribution in [2.45, 2.75) is 0 Å². The Morgan fingerprint density at radius 3 is 2.35 bits per heavy atom. The number of hydrogen-bond donors (Lipinski definition) is 1. The van der Waals surface area contributed by atoms with Gasteiger partial charge in [-0.25, -0.2) is 4.68 Å². The van der Waals surface area contributed by atoms with Gasteiger partial charge in [-0.05, 0) is 24.3 Å². The lowest BCUT2D eigenvalue weighted by Gasteiger charge is -2.08. The molecule has 0 spiro atoms. The molecule has 3 rings (SSSR count). The van der Waals surface area contributed by atoms with Crippen LogP contribution >= 0.6 is 0 Å². The van der Waals surface area contributed by atoms with Gasteiger partial charge in [0, 0.05) is 12.4 Å². The monoisotopic (exact) mass is 224 g/mol. The molecule has 0 radical (unpaired) electrons. The van der Waals surface area contributed by atoms with Crippen molar-refractivity contribution in [3.8, 4) is 11.5 Å². The van der Waals surface area contributed by atoms with E-state index in [0.29, 0.717) is 5.69 Å². The van der Waals surface area contributed by atoms with Crippen molar-refractivity contribution in [1.29, 1.82) is 0 Å². The van der Waals surface area contributed by atoms with Crippen LogP contribution in [0.25, 0.3) is 11.5 Å². The van der Waals surface area contributed by atoms with Gasteiger partial charge in [-0.1, -0.05) is 18.2 Å². The molecule has 0 bridgehead atoms. The lowest BCUT2D eigenvalue weighted by molar-refractivity contribution is 0.824. The average molecular weight is 224 g/mol. The summed E-state index contributed by atoms with van der Waals surface area (Å²) in [5.41, 5.74) is 7.62. The molecular formula is C13H12N4. The van der Waals surface area contributed by atoms with Crippen LogP contribution in [0.2, 0.25) is 0 Å². The predicted molar refractivity (Wildman–Crippen MR) is 67.3 cm³/mol. The van der Waals surface area contributed by atoms with Gasteiger partial charge in [0.1, 0.15) is 0 Å². The van der Waals surface area contributed by atoms with Crippen LogP contribution in [0, 0.1) is 0 Å². The third kappa shape index (κ3) is 1.59. The fraction of sp³-hybridized carbons (Fsp3) is 0. The van der Waals surface area contributed by atoms with E-state index in [1.54, 1.807) is 6.20 Å². The summed E-state index contributed by atoms with van der Waals surface area (Å²) in [5.74, 6) is 0.862. The highest BCUT2D eigenvalue weighted by atomic mass is 15.3. The van der Waals surface area contributed by atoms with E-state index < -0.39 is 0 Å². The van der Waals surface area contributed by atoms with Crippen LogP contribution in [0.1, 0.15) is 0 Å². The van der Waals surface area contributed by atoms with Crippen LogP contribution in [0.15, 0.2) is 61.1 Å². The molecule has 0 amide bonds. The number of nitrogen functional groups attached to an aromatic ring is 1. The highest BCUT2D eigenvalue weighted by molar-refractivity contribution is 5.56. The number of benzene rings is 1. The maximum atomic E-state index is 5.97. The first-order chi connectivity index (χ1) is 8.36. The van der Waals surface area contributed by atoms with Crippen LogP contribution in [-0.2, 0) is 0 Å². The molecule has 0 aliphatic heterocycles. The van der Waals surface area contributed by atoms with Gasteiger partial charge in [0.2, 0.25) is 0 Å². The lowest BCUT2D eigenvalue weighted by Crippen LogP contribution is -2.05. The van der Waals surface area contributed by atoms with E-state index in [2.05, 4.69) is 5.10 Å². The summed E-state index contributed by atoms with van der Waals surface area (Å²) in [7, 11) is 0. The molecule has 0 aliphatic carbocycles. The molecule has 0 saturated heterocycles. The molecule has 0 aliphatic rings. The second-order valence-electron chi connectivity index (χ2n) is 3.76. The molecule has 4 nitrogen and oxygen atoms in total. The smallest absolute Gasteiger partial charge is 0.163 e. The summed E-state index contributed by atoms with van der Waals surface area (Å²) in [5, 5.41) is 4.31. The highest BCUT2D eigenvalue weighted by Crippen LogP contribution is 2.20. The van der Waals surface area contributed by atoms with E-state index in [1.807, 2.05) is 64.1 Å². The molecule has 4 heteroatoms. The van der Waals surface area contributed by atoms with Crippen molar-refractivity contribution < 1.29 is 0 Å². The second-order valence-corrected chi connectivity index (χ2v) is 3.76. The first kappa shape index (κ1) is 9.72. The summed E-state index contributed by atoms with van der Waals surface area (Å²) in [6.07, 6.45) is 5.57. The van der Waals surface area contributed by atoms with Gasteiger partial charge in [0.05, 0.1) is 17.6 Å². The summed E-state index contributed by atoms with van der Waals surface area (Å²) in [6.45, 7) is 0. The number of aromatic nitrogens is 3. The molecule has 17 heavy (non-hydrogen) atoms. The minimum atomic E-state index is 0.657. The van der Waals surface area contributed by atoms with Crippen LogP contribution in [0.3, 0.4) is 0 Å². The van der Waals surface area contributed by atoms with Gasteiger partial charge in [0.25, 0.3) is 0 Å². The molecule has 84 valence electrons. The van der Waals surface area contributed by atoms with E-state index in [-0.39, 0.29) is 0 Å². The molecule has 2 N–H and O–H groups in total. The zero-order valence-electron chi connectivity index (χ0n) is 9.19. The Morgan fingerprint density at radius 1 is 0.941 bits per heavy atom. The topological polar surface area (TPSA) is 48.8 Å². The Labute approximate surface area is 98.9 Å². The number of rotatable bonds is 2. The molecule has 0 saturated carbocycles. The van der Waals surface area contributed by atoms with Crippen LogP contribution < -0.4 is 5.73 Å². The van der Waals surface area contributed by atoms with Crippen molar-refractivity contribution >= 4 is 5.69 Å². The first-order valence-corrected chi connectivity index (χ1v) is 5.38. The quantitative estimate of drug-likeness (QED) is 0.725. The van der Waals surface area contributed by atoms with Crippen molar-refractivity contribution in [2.24, 2.45) is 0 Å². The summed E-state index contributed by atoms with van der Waals surface area (Å²) in [4.78, 5) is 0. The molecular weight excluding hydrogens is 212 g/mol. The standard InChI is InChI=1S/C13H12N4/c14-12-10-15-17(11-6-2-1-3-7-11)13(12)16-8-4-5-9-16/h1-10H,14H2. The Morgan fingerprint density at radius 2 is 1.65 bits per heavy atom. The summed E-state index contributed by atoms with van der Waals surface area (Å²) in [6, 6.07) is 13.9. The fourth-order valence-electron chi connectivity index (χ4n) is 1.85. The van der Waals surface area contributed by atoms with Crippen LogP contribution in [0.4, 0.5) is 5.69 Å². The van der Waals surface area contributed by atoms with Gasteiger partial charge in [-0.2, -0.15) is 5.10 Å². The third-order valence-corrected chi connectivity index (χ3v) is 2.62. The zero-order chi connectivity index (χ0) is 11.7. The highest BCUT2D eigenvalue weighted by Gasteiger charge is 2.10. The normalized spacial score (nSPS) is 10.6. The Kier molecular flexibility index (Phi) is 2.19. The second kappa shape index (κ2) is 3.83. The van der Waals surface area contributed by atoms with Gasteiger partial charge < -0.3 is 10.3 Å². The minimum absolute atomic E-state index is 0.657. The van der Waals surface area contributed by atoms with Gasteiger partial charge in [-0.15, -0.1) is 0 Å². The van der Waals surface area contributed by atoms with E-state index >= 15 is 0 Å². The van der Waals surface area contributed by atoms with Gasteiger partial charge in [-0.3, -0.25) is 0 Å². The summed E-state index contributed by atoms with van der Waals surface area (Å²) < 4.78 is 3.78. The van der Waals surface area contributed by atoms with E-state index in [4.69, 9.17) is 5.73 Å². The van der Waals surface area contributed by atoms with E-state index in [1.165, 1.54) is 0 Å². The van der Waals surface area contributed by atoms with Gasteiger partial charge in [0.15, 0.2) is 5.82 Å². The fourth-order valence-corrected chi connectivity index (χ4v) is 1.85. The minimum Gasteiger partial charge on any atom is -0.394 e. The number of nitrogens with zero attached hydrogens (tertiary/aromatic N) is 3. The number of hydrogen-bond acceptors (Lipinski definition) is 2. The molecule has 0 unspecified atom stereocenters. The van der Waals surface area contributed by atoms with E-state index in [0.717, 1.165) is 11.5 Å². The molecule has 2 heterocycles. The van der Waals surface area contributed by atoms with Crippen molar-refractivity contribution in [3.05, 3.63) is 61.1 Å². The maximum absolute atomic E-state index is 5.97. The number of nitrogens with two attached hydrogens (primary N) is 1. The maximum Gasteiger partial charge on any atom is 0.163 e. The Bertz CT molecular complexity index is 608. The van der Waals surface area contributed by atoms with E-state index in [9.17, 15) is 0 Å². The van der Waals surface area contributed by atoms with Crippen LogP contribution in [0.5, 0.6) is 0 Å². The summed E-state index contributed by atoms with van der Waals surface area (Å²) >= 11 is 0. The Hall–Kier alpha value is -2.49. The molecule has 1 aromatic carbocycles. The SMILES string of the molecule is Nc1cnn(-c2ccccc2)c1-n1cccc1. The van der Waals surface area contributed by atoms with Crippen molar-refractivity contribution in [1.82, 2.24) is 14.3 Å². The third-order valence-electron chi connectivity index (χ3n) is 2.62. The Balaban J connectivity index is 2.20. The lowest BCUT2D eigenvalue weighted by atomic mass is 10.3.